The number of hydrogen-bond donors (Lipinski definition) is 0. The highest BCUT2D eigenvalue weighted by molar-refractivity contribution is 9.10. The summed E-state index contributed by atoms with van der Waals surface area (Å²) in [5, 5.41) is 0. The highest BCUT2D eigenvalue weighted by Gasteiger charge is 2.04. The second-order valence-electron chi connectivity index (χ2n) is 3.92. The summed E-state index contributed by atoms with van der Waals surface area (Å²) in [5.41, 5.74) is 1.81. The molecular formula is C14H11BrN2O. The van der Waals surface area contributed by atoms with Crippen molar-refractivity contribution in [1.82, 2.24) is 9.38 Å². The van der Waals surface area contributed by atoms with Crippen molar-refractivity contribution in [3.63, 3.8) is 0 Å². The number of pyridine rings is 1. The van der Waals surface area contributed by atoms with Crippen LogP contribution < -0.4 is 4.74 Å². The first kappa shape index (κ1) is 11.3. The van der Waals surface area contributed by atoms with Crippen molar-refractivity contribution in [2.45, 2.75) is 6.61 Å². The quantitative estimate of drug-likeness (QED) is 0.738. The second kappa shape index (κ2) is 4.82. The Morgan fingerprint density at radius 3 is 2.72 bits per heavy atom. The van der Waals surface area contributed by atoms with E-state index in [-0.39, 0.29) is 0 Å². The van der Waals surface area contributed by atoms with Crippen LogP contribution >= 0.6 is 15.9 Å². The van der Waals surface area contributed by atoms with E-state index >= 15 is 0 Å². The van der Waals surface area contributed by atoms with Gasteiger partial charge in [-0.3, -0.25) is 0 Å². The van der Waals surface area contributed by atoms with Gasteiger partial charge in [-0.2, -0.15) is 0 Å². The predicted octanol–water partition coefficient (Wildman–Crippen LogP) is 3.68. The Morgan fingerprint density at radius 2 is 1.94 bits per heavy atom. The topological polar surface area (TPSA) is 26.5 Å². The molecule has 0 aliphatic carbocycles. The first-order chi connectivity index (χ1) is 8.83. The standard InChI is InChI=1S/C14H11BrN2O/c15-13-7-4-8-17-9-11(16-14(13)17)10-18-12-5-2-1-3-6-12/h1-9H,10H2. The average molecular weight is 303 g/mol. The summed E-state index contributed by atoms with van der Waals surface area (Å²) in [6.45, 7) is 0.470. The first-order valence-electron chi connectivity index (χ1n) is 5.63. The smallest absolute Gasteiger partial charge is 0.151 e. The number of benzene rings is 1. The van der Waals surface area contributed by atoms with Crippen molar-refractivity contribution >= 4 is 21.6 Å². The van der Waals surface area contributed by atoms with Crippen LogP contribution in [0.25, 0.3) is 5.65 Å². The molecule has 0 amide bonds. The van der Waals surface area contributed by atoms with Gasteiger partial charge < -0.3 is 9.14 Å². The molecule has 2 heterocycles. The Balaban J connectivity index is 1.81. The third-order valence-corrected chi connectivity index (χ3v) is 3.23. The maximum atomic E-state index is 5.67. The van der Waals surface area contributed by atoms with Crippen LogP contribution in [0.5, 0.6) is 5.75 Å². The van der Waals surface area contributed by atoms with Crippen LogP contribution in [0.1, 0.15) is 5.69 Å². The maximum Gasteiger partial charge on any atom is 0.151 e. The summed E-state index contributed by atoms with van der Waals surface area (Å²) in [6, 6.07) is 13.7. The molecule has 0 aliphatic heterocycles. The van der Waals surface area contributed by atoms with Gasteiger partial charge in [0.2, 0.25) is 0 Å². The minimum Gasteiger partial charge on any atom is -0.487 e. The zero-order valence-corrected chi connectivity index (χ0v) is 11.2. The summed E-state index contributed by atoms with van der Waals surface area (Å²) in [5.74, 6) is 0.855. The lowest BCUT2D eigenvalue weighted by Gasteiger charge is -2.02. The van der Waals surface area contributed by atoms with E-state index < -0.39 is 0 Å². The fourth-order valence-electron chi connectivity index (χ4n) is 1.77. The van der Waals surface area contributed by atoms with Crippen LogP contribution in [0.2, 0.25) is 0 Å². The molecule has 0 saturated carbocycles. The summed E-state index contributed by atoms with van der Waals surface area (Å²) >= 11 is 3.48. The van der Waals surface area contributed by atoms with Crippen LogP contribution in [0.4, 0.5) is 0 Å². The highest BCUT2D eigenvalue weighted by Crippen LogP contribution is 2.18. The molecule has 4 heteroatoms. The van der Waals surface area contributed by atoms with Crippen molar-refractivity contribution in [2.75, 3.05) is 0 Å². The largest absolute Gasteiger partial charge is 0.487 e. The Morgan fingerprint density at radius 1 is 1.11 bits per heavy atom. The molecule has 3 aromatic rings. The van der Waals surface area contributed by atoms with E-state index in [0.29, 0.717) is 6.61 Å². The van der Waals surface area contributed by atoms with Gasteiger partial charge in [0.15, 0.2) is 5.65 Å². The Hall–Kier alpha value is -1.81. The molecular weight excluding hydrogens is 292 g/mol. The highest BCUT2D eigenvalue weighted by atomic mass is 79.9. The van der Waals surface area contributed by atoms with Crippen LogP contribution in [-0.2, 0) is 6.61 Å². The fourth-order valence-corrected chi connectivity index (χ4v) is 2.22. The van der Waals surface area contributed by atoms with E-state index in [9.17, 15) is 0 Å². The Labute approximate surface area is 113 Å². The number of rotatable bonds is 3. The summed E-state index contributed by atoms with van der Waals surface area (Å²) in [7, 11) is 0. The molecule has 1 aromatic carbocycles. The fraction of sp³-hybridized carbons (Fsp3) is 0.0714. The number of para-hydroxylation sites is 1. The van der Waals surface area contributed by atoms with Crippen molar-refractivity contribution in [3.05, 3.63) is 65.0 Å². The molecule has 0 saturated heterocycles. The predicted molar refractivity (Wildman–Crippen MR) is 73.7 cm³/mol. The molecule has 90 valence electrons. The molecule has 18 heavy (non-hydrogen) atoms. The molecule has 0 aliphatic rings. The molecule has 2 aromatic heterocycles. The van der Waals surface area contributed by atoms with Crippen LogP contribution in [0.3, 0.4) is 0 Å². The molecule has 0 radical (unpaired) electrons. The number of ether oxygens (including phenoxy) is 1. The number of hydrogen-bond acceptors (Lipinski definition) is 2. The number of fused-ring (bicyclic) bond motifs is 1. The SMILES string of the molecule is Brc1cccn2cc(COc3ccccc3)nc12. The molecule has 0 atom stereocenters. The van der Waals surface area contributed by atoms with Crippen LogP contribution in [-0.4, -0.2) is 9.38 Å². The normalized spacial score (nSPS) is 10.7. The van der Waals surface area contributed by atoms with Gasteiger partial charge in [-0.15, -0.1) is 0 Å². The zero-order valence-electron chi connectivity index (χ0n) is 9.58. The van der Waals surface area contributed by atoms with Gasteiger partial charge in [-0.1, -0.05) is 18.2 Å². The van der Waals surface area contributed by atoms with E-state index in [1.54, 1.807) is 0 Å². The van der Waals surface area contributed by atoms with Crippen LogP contribution in [0.15, 0.2) is 59.3 Å². The lowest BCUT2D eigenvalue weighted by atomic mass is 10.3. The molecule has 3 nitrogen and oxygen atoms in total. The van der Waals surface area contributed by atoms with Gasteiger partial charge in [-0.25, -0.2) is 4.98 Å². The molecule has 0 N–H and O–H groups in total. The molecule has 0 fully saturated rings. The van der Waals surface area contributed by atoms with Gasteiger partial charge >= 0.3 is 0 Å². The van der Waals surface area contributed by atoms with Gasteiger partial charge in [0, 0.05) is 12.4 Å². The van der Waals surface area contributed by atoms with Crippen LogP contribution in [0, 0.1) is 0 Å². The lowest BCUT2D eigenvalue weighted by molar-refractivity contribution is 0.302. The van der Waals surface area contributed by atoms with Crippen molar-refractivity contribution in [1.29, 1.82) is 0 Å². The minimum absolute atomic E-state index is 0.470. The number of imidazole rings is 1. The van der Waals surface area contributed by atoms with E-state index in [1.165, 1.54) is 0 Å². The van der Waals surface area contributed by atoms with Crippen molar-refractivity contribution < 1.29 is 4.74 Å². The number of nitrogens with zero attached hydrogens (tertiary/aromatic N) is 2. The molecule has 3 rings (SSSR count). The molecule has 0 spiro atoms. The average Bonchev–Trinajstić information content (AvgIpc) is 2.82. The summed E-state index contributed by atoms with van der Waals surface area (Å²) in [4.78, 5) is 4.52. The third kappa shape index (κ3) is 2.24. The first-order valence-corrected chi connectivity index (χ1v) is 6.42. The van der Waals surface area contributed by atoms with E-state index in [2.05, 4.69) is 20.9 Å². The lowest BCUT2D eigenvalue weighted by Crippen LogP contribution is -1.94. The van der Waals surface area contributed by atoms with Crippen molar-refractivity contribution in [3.8, 4) is 5.75 Å². The van der Waals surface area contributed by atoms with Gasteiger partial charge in [0.25, 0.3) is 0 Å². The van der Waals surface area contributed by atoms with E-state index in [1.807, 2.05) is 59.3 Å². The summed E-state index contributed by atoms with van der Waals surface area (Å²) < 4.78 is 8.63. The van der Waals surface area contributed by atoms with Gasteiger partial charge in [0.05, 0.1) is 10.2 Å². The van der Waals surface area contributed by atoms with E-state index in [0.717, 1.165) is 21.6 Å². The van der Waals surface area contributed by atoms with Gasteiger partial charge in [-0.05, 0) is 40.2 Å². The summed E-state index contributed by atoms with van der Waals surface area (Å²) in [6.07, 6.45) is 3.95. The van der Waals surface area contributed by atoms with Gasteiger partial charge in [0.1, 0.15) is 12.4 Å². The Kier molecular flexibility index (Phi) is 3.02. The number of aromatic nitrogens is 2. The third-order valence-electron chi connectivity index (χ3n) is 2.61. The monoisotopic (exact) mass is 302 g/mol. The molecule has 0 bridgehead atoms. The second-order valence-corrected chi connectivity index (χ2v) is 4.78. The molecule has 0 unspecified atom stereocenters. The minimum atomic E-state index is 0.470. The van der Waals surface area contributed by atoms with Crippen molar-refractivity contribution in [2.24, 2.45) is 0 Å². The zero-order chi connectivity index (χ0) is 12.4. The Bertz CT molecular complexity index is 664. The number of halogens is 1. The van der Waals surface area contributed by atoms with E-state index in [4.69, 9.17) is 4.74 Å². The maximum absolute atomic E-state index is 5.67.